The molecule has 0 amide bonds. The van der Waals surface area contributed by atoms with Crippen molar-refractivity contribution in [2.24, 2.45) is 4.99 Å². The standard InChI is InChI=1S/C31H42N2O4/c1-5-7-14-28-32-31(19-9-8-10-20-31)23-36-33(28)22-24-15-17-25(18-16-24)26-12-11-13-27(21-26)37-30(3,4)29(34)35-6-2/h11-13,15-18,21H,5-10,14,19-20,22-23H2,1-4H3. The van der Waals surface area contributed by atoms with Crippen LogP contribution in [0, 0.1) is 0 Å². The first-order chi connectivity index (χ1) is 17.8. The lowest BCUT2D eigenvalue weighted by atomic mass is 9.82. The van der Waals surface area contributed by atoms with Crippen molar-refractivity contribution in [3.63, 3.8) is 0 Å². The van der Waals surface area contributed by atoms with Gasteiger partial charge in [0.2, 0.25) is 0 Å². The highest BCUT2D eigenvalue weighted by molar-refractivity contribution is 5.82. The van der Waals surface area contributed by atoms with Gasteiger partial charge in [-0.1, -0.05) is 69.0 Å². The van der Waals surface area contributed by atoms with Crippen LogP contribution in [0.3, 0.4) is 0 Å². The van der Waals surface area contributed by atoms with Crippen LogP contribution in [0.25, 0.3) is 11.1 Å². The first kappa shape index (κ1) is 27.2. The molecular weight excluding hydrogens is 464 g/mol. The Morgan fingerprint density at radius 2 is 1.81 bits per heavy atom. The van der Waals surface area contributed by atoms with E-state index in [-0.39, 0.29) is 11.5 Å². The van der Waals surface area contributed by atoms with E-state index in [0.29, 0.717) is 25.5 Å². The summed E-state index contributed by atoms with van der Waals surface area (Å²) in [7, 11) is 0. The van der Waals surface area contributed by atoms with Crippen LogP contribution in [0.4, 0.5) is 0 Å². The maximum Gasteiger partial charge on any atom is 0.349 e. The Morgan fingerprint density at radius 3 is 2.51 bits per heavy atom. The Morgan fingerprint density at radius 1 is 1.05 bits per heavy atom. The number of hydrogen-bond acceptors (Lipinski definition) is 6. The second-order valence-corrected chi connectivity index (χ2v) is 10.8. The predicted molar refractivity (Wildman–Crippen MR) is 147 cm³/mol. The number of esters is 1. The van der Waals surface area contributed by atoms with Crippen LogP contribution < -0.4 is 4.74 Å². The van der Waals surface area contributed by atoms with Crippen LogP contribution in [0.2, 0.25) is 0 Å². The monoisotopic (exact) mass is 506 g/mol. The lowest BCUT2D eigenvalue weighted by Gasteiger charge is -2.41. The van der Waals surface area contributed by atoms with Gasteiger partial charge >= 0.3 is 5.97 Å². The van der Waals surface area contributed by atoms with Gasteiger partial charge in [0.25, 0.3) is 0 Å². The van der Waals surface area contributed by atoms with Crippen LogP contribution in [0.1, 0.15) is 84.6 Å². The highest BCUT2D eigenvalue weighted by Gasteiger charge is 2.37. The quantitative estimate of drug-likeness (QED) is 0.321. The zero-order chi connectivity index (χ0) is 26.3. The number of rotatable bonds is 10. The van der Waals surface area contributed by atoms with E-state index in [1.165, 1.54) is 24.8 Å². The molecule has 1 saturated carbocycles. The fraction of sp³-hybridized carbons (Fsp3) is 0.548. The molecule has 200 valence electrons. The van der Waals surface area contributed by atoms with Gasteiger partial charge < -0.3 is 9.47 Å². The number of unbranched alkanes of at least 4 members (excludes halogenated alkanes) is 1. The lowest BCUT2D eigenvalue weighted by Crippen LogP contribution is -2.47. The first-order valence-electron chi connectivity index (χ1n) is 13.9. The summed E-state index contributed by atoms with van der Waals surface area (Å²) in [5, 5.41) is 2.02. The van der Waals surface area contributed by atoms with Crippen molar-refractivity contribution in [2.75, 3.05) is 13.2 Å². The van der Waals surface area contributed by atoms with Crippen molar-refractivity contribution < 1.29 is 19.1 Å². The number of ether oxygens (including phenoxy) is 2. The van der Waals surface area contributed by atoms with Crippen LogP contribution in [-0.4, -0.2) is 41.2 Å². The van der Waals surface area contributed by atoms with Crippen LogP contribution in [0.5, 0.6) is 5.75 Å². The molecule has 0 atom stereocenters. The average molecular weight is 507 g/mol. The van der Waals surface area contributed by atoms with Crippen molar-refractivity contribution in [3.8, 4) is 16.9 Å². The van der Waals surface area contributed by atoms with Gasteiger partial charge in [-0.15, -0.1) is 0 Å². The van der Waals surface area contributed by atoms with Gasteiger partial charge in [0, 0.05) is 6.42 Å². The van der Waals surface area contributed by atoms with Gasteiger partial charge in [0.05, 0.1) is 18.7 Å². The molecule has 0 bridgehead atoms. The predicted octanol–water partition coefficient (Wildman–Crippen LogP) is 7.11. The molecule has 1 heterocycles. The SMILES string of the molecule is CCCCC1=NC2(CCCCC2)CON1Cc1ccc(-c2cccc(OC(C)(C)C(=O)OCC)c2)cc1. The minimum Gasteiger partial charge on any atom is -0.476 e. The molecule has 37 heavy (non-hydrogen) atoms. The van der Waals surface area contributed by atoms with Gasteiger partial charge in [0.1, 0.15) is 18.2 Å². The van der Waals surface area contributed by atoms with Crippen molar-refractivity contribution >= 4 is 11.8 Å². The molecule has 1 aliphatic carbocycles. The average Bonchev–Trinajstić information content (AvgIpc) is 2.90. The fourth-order valence-corrected chi connectivity index (χ4v) is 5.10. The molecule has 2 aromatic carbocycles. The van der Waals surface area contributed by atoms with E-state index >= 15 is 0 Å². The molecule has 6 heteroatoms. The molecule has 0 radical (unpaired) electrons. The zero-order valence-corrected chi connectivity index (χ0v) is 22.9. The largest absolute Gasteiger partial charge is 0.476 e. The number of amidine groups is 1. The van der Waals surface area contributed by atoms with Crippen LogP contribution >= 0.6 is 0 Å². The van der Waals surface area contributed by atoms with Gasteiger partial charge in [-0.3, -0.25) is 9.83 Å². The summed E-state index contributed by atoms with van der Waals surface area (Å²) in [4.78, 5) is 23.9. The number of aliphatic imine (C=N–C) groups is 1. The number of hydrogen-bond donors (Lipinski definition) is 0. The van der Waals surface area contributed by atoms with Gasteiger partial charge in [-0.05, 0) is 68.9 Å². The molecule has 6 nitrogen and oxygen atoms in total. The molecule has 0 aromatic heterocycles. The lowest BCUT2D eigenvalue weighted by molar-refractivity contribution is -0.158. The molecule has 1 fully saturated rings. The topological polar surface area (TPSA) is 60.4 Å². The maximum atomic E-state index is 12.2. The third-order valence-electron chi connectivity index (χ3n) is 7.27. The molecular formula is C31H42N2O4. The third kappa shape index (κ3) is 6.92. The van der Waals surface area contributed by atoms with E-state index in [2.05, 4.69) is 31.2 Å². The summed E-state index contributed by atoms with van der Waals surface area (Å²) in [5.41, 5.74) is 2.24. The van der Waals surface area contributed by atoms with Gasteiger partial charge in [-0.25, -0.2) is 9.86 Å². The summed E-state index contributed by atoms with van der Waals surface area (Å²) in [5.74, 6) is 1.36. The number of benzene rings is 2. The van der Waals surface area contributed by atoms with Gasteiger partial charge in [-0.2, -0.15) is 0 Å². The highest BCUT2D eigenvalue weighted by Crippen LogP contribution is 2.36. The molecule has 0 saturated heterocycles. The van der Waals surface area contributed by atoms with Crippen LogP contribution in [-0.2, 0) is 20.9 Å². The van der Waals surface area contributed by atoms with Crippen molar-refractivity contribution in [1.82, 2.24) is 5.06 Å². The van der Waals surface area contributed by atoms with E-state index in [9.17, 15) is 4.79 Å². The Balaban J connectivity index is 1.45. The molecule has 1 aliphatic heterocycles. The third-order valence-corrected chi connectivity index (χ3v) is 7.27. The molecule has 1 spiro atoms. The summed E-state index contributed by atoms with van der Waals surface area (Å²) in [6.07, 6.45) is 9.34. The molecule has 2 aliphatic rings. The first-order valence-corrected chi connectivity index (χ1v) is 13.9. The normalized spacial score (nSPS) is 17.4. The highest BCUT2D eigenvalue weighted by atomic mass is 16.7. The molecule has 2 aromatic rings. The van der Waals surface area contributed by atoms with Crippen molar-refractivity contribution in [2.45, 2.75) is 96.7 Å². The maximum absolute atomic E-state index is 12.2. The van der Waals surface area contributed by atoms with E-state index < -0.39 is 5.60 Å². The summed E-state index contributed by atoms with van der Waals surface area (Å²) >= 11 is 0. The minimum atomic E-state index is -1.06. The Labute approximate surface area is 222 Å². The molecule has 0 N–H and O–H groups in total. The summed E-state index contributed by atoms with van der Waals surface area (Å²) < 4.78 is 11.1. The van der Waals surface area contributed by atoms with Crippen molar-refractivity contribution in [3.05, 3.63) is 54.1 Å². The second kappa shape index (κ2) is 12.1. The van der Waals surface area contributed by atoms with E-state index in [0.717, 1.165) is 49.1 Å². The summed E-state index contributed by atoms with van der Waals surface area (Å²) in [6.45, 7) is 9.18. The van der Waals surface area contributed by atoms with Gasteiger partial charge in [0.15, 0.2) is 5.60 Å². The number of carbonyl (C=O) groups is 1. The van der Waals surface area contributed by atoms with Crippen molar-refractivity contribution in [1.29, 1.82) is 0 Å². The Hall–Kier alpha value is -2.86. The van der Waals surface area contributed by atoms with E-state index in [1.54, 1.807) is 20.8 Å². The second-order valence-electron chi connectivity index (χ2n) is 10.8. The Kier molecular flexibility index (Phi) is 8.91. The van der Waals surface area contributed by atoms with E-state index in [1.807, 2.05) is 29.3 Å². The number of nitrogens with zero attached hydrogens (tertiary/aromatic N) is 2. The number of carbonyl (C=O) groups excluding carboxylic acids is 1. The fourth-order valence-electron chi connectivity index (χ4n) is 5.10. The number of hydroxylamine groups is 2. The summed E-state index contributed by atoms with van der Waals surface area (Å²) in [6, 6.07) is 16.4. The molecule has 4 rings (SSSR count). The van der Waals surface area contributed by atoms with Crippen LogP contribution in [0.15, 0.2) is 53.5 Å². The Bertz CT molecular complexity index is 1070. The molecule has 0 unspecified atom stereocenters. The van der Waals surface area contributed by atoms with E-state index in [4.69, 9.17) is 19.3 Å². The zero-order valence-electron chi connectivity index (χ0n) is 22.9. The minimum absolute atomic E-state index is 0.00336. The smallest absolute Gasteiger partial charge is 0.349 e.